The summed E-state index contributed by atoms with van der Waals surface area (Å²) >= 11 is 0. The highest BCUT2D eigenvalue weighted by Crippen LogP contribution is 2.26. The van der Waals surface area contributed by atoms with E-state index < -0.39 is 6.04 Å². The van der Waals surface area contributed by atoms with Crippen LogP contribution in [-0.2, 0) is 9.59 Å². The molecular weight excluding hydrogens is 494 g/mol. The monoisotopic (exact) mass is 523 g/mol. The van der Waals surface area contributed by atoms with Gasteiger partial charge in [0.2, 0.25) is 11.8 Å². The molecule has 0 radical (unpaired) electrons. The van der Waals surface area contributed by atoms with Gasteiger partial charge in [-0.05, 0) is 86.8 Å². The van der Waals surface area contributed by atoms with E-state index in [2.05, 4.69) is 30.9 Å². The number of pyridine rings is 1. The van der Waals surface area contributed by atoms with E-state index in [9.17, 15) is 14.4 Å². The van der Waals surface area contributed by atoms with Gasteiger partial charge in [-0.15, -0.1) is 0 Å². The average molecular weight is 524 g/mol. The van der Waals surface area contributed by atoms with Crippen molar-refractivity contribution in [2.45, 2.75) is 37.8 Å². The molecule has 6 rings (SSSR count). The van der Waals surface area contributed by atoms with Crippen molar-refractivity contribution in [3.8, 4) is 11.4 Å². The number of H-pyrrole nitrogens is 1. The van der Waals surface area contributed by atoms with Crippen molar-refractivity contribution >= 4 is 40.1 Å². The highest BCUT2D eigenvalue weighted by atomic mass is 16.2. The SMILES string of the molecule is O=C(Nc1ccc2nc(-c3ccc(NC(=O)[C@@H]4CCCN4C(=O)c4cccnc4)cc3)[nH]c2c1)C1CCCN1. The summed E-state index contributed by atoms with van der Waals surface area (Å²) in [6.45, 7) is 1.41. The number of carbonyl (C=O) groups excluding carboxylic acids is 3. The van der Waals surface area contributed by atoms with Gasteiger partial charge in [-0.25, -0.2) is 4.98 Å². The number of benzene rings is 2. The normalized spacial score (nSPS) is 18.8. The second kappa shape index (κ2) is 10.7. The molecular formula is C29H29N7O3. The fourth-order valence-corrected chi connectivity index (χ4v) is 5.24. The Hall–Kier alpha value is -4.57. The molecule has 2 aromatic heterocycles. The highest BCUT2D eigenvalue weighted by molar-refractivity contribution is 6.01. The molecule has 4 N–H and O–H groups in total. The summed E-state index contributed by atoms with van der Waals surface area (Å²) in [5.41, 5.74) is 4.31. The largest absolute Gasteiger partial charge is 0.338 e. The van der Waals surface area contributed by atoms with E-state index in [1.807, 2.05) is 42.5 Å². The third kappa shape index (κ3) is 5.23. The maximum atomic E-state index is 13.1. The van der Waals surface area contributed by atoms with E-state index in [0.29, 0.717) is 30.0 Å². The molecule has 2 atom stereocenters. The summed E-state index contributed by atoms with van der Waals surface area (Å²) < 4.78 is 0. The number of amides is 3. The maximum Gasteiger partial charge on any atom is 0.256 e. The molecule has 0 saturated carbocycles. The second-order valence-corrected chi connectivity index (χ2v) is 9.92. The Kier molecular flexibility index (Phi) is 6.76. The van der Waals surface area contributed by atoms with E-state index in [0.717, 1.165) is 48.1 Å². The first kappa shape index (κ1) is 24.7. The van der Waals surface area contributed by atoms with E-state index in [4.69, 9.17) is 0 Å². The van der Waals surface area contributed by atoms with Crippen LogP contribution in [0.1, 0.15) is 36.0 Å². The van der Waals surface area contributed by atoms with E-state index >= 15 is 0 Å². The minimum Gasteiger partial charge on any atom is -0.338 e. The molecule has 0 aliphatic carbocycles. The van der Waals surface area contributed by atoms with Gasteiger partial charge in [0, 0.05) is 35.9 Å². The molecule has 0 bridgehead atoms. The Morgan fingerprint density at radius 2 is 1.74 bits per heavy atom. The Morgan fingerprint density at radius 1 is 0.923 bits per heavy atom. The number of rotatable bonds is 6. The zero-order valence-corrected chi connectivity index (χ0v) is 21.3. The summed E-state index contributed by atoms with van der Waals surface area (Å²) in [5.74, 6) is 0.279. The number of nitrogens with one attached hydrogen (secondary N) is 4. The highest BCUT2D eigenvalue weighted by Gasteiger charge is 2.34. The summed E-state index contributed by atoms with van der Waals surface area (Å²) in [6, 6.07) is 15.8. The molecule has 2 fully saturated rings. The van der Waals surface area contributed by atoms with Gasteiger partial charge >= 0.3 is 0 Å². The fraction of sp³-hybridized carbons (Fsp3) is 0.276. The lowest BCUT2D eigenvalue weighted by Crippen LogP contribution is -2.43. The number of imidazole rings is 1. The van der Waals surface area contributed by atoms with Gasteiger partial charge in [-0.2, -0.15) is 0 Å². The molecule has 2 aliphatic rings. The third-order valence-corrected chi connectivity index (χ3v) is 7.28. The molecule has 39 heavy (non-hydrogen) atoms. The van der Waals surface area contributed by atoms with Gasteiger partial charge in [0.25, 0.3) is 5.91 Å². The molecule has 2 saturated heterocycles. The third-order valence-electron chi connectivity index (χ3n) is 7.28. The first-order valence-electron chi connectivity index (χ1n) is 13.2. The van der Waals surface area contributed by atoms with E-state index in [1.165, 1.54) is 6.20 Å². The Bertz CT molecular complexity index is 1510. The van der Waals surface area contributed by atoms with Crippen molar-refractivity contribution in [2.24, 2.45) is 0 Å². The van der Waals surface area contributed by atoms with Crippen LogP contribution >= 0.6 is 0 Å². The van der Waals surface area contributed by atoms with Crippen molar-refractivity contribution in [1.82, 2.24) is 25.2 Å². The van der Waals surface area contributed by atoms with Gasteiger partial charge < -0.3 is 25.8 Å². The van der Waals surface area contributed by atoms with Crippen molar-refractivity contribution in [1.29, 1.82) is 0 Å². The van der Waals surface area contributed by atoms with Crippen LogP contribution in [-0.4, -0.2) is 62.7 Å². The number of aromatic nitrogens is 3. The number of aromatic amines is 1. The van der Waals surface area contributed by atoms with Gasteiger partial charge in [-0.1, -0.05) is 0 Å². The number of carbonyl (C=O) groups is 3. The van der Waals surface area contributed by atoms with Crippen LogP contribution < -0.4 is 16.0 Å². The van der Waals surface area contributed by atoms with E-state index in [-0.39, 0.29) is 23.8 Å². The van der Waals surface area contributed by atoms with E-state index in [1.54, 1.807) is 23.2 Å². The minimum absolute atomic E-state index is 0.0219. The lowest BCUT2D eigenvalue weighted by molar-refractivity contribution is -0.120. The van der Waals surface area contributed by atoms with Crippen LogP contribution in [0.3, 0.4) is 0 Å². The molecule has 4 aromatic rings. The number of hydrogen-bond donors (Lipinski definition) is 4. The quantitative estimate of drug-likeness (QED) is 0.306. The van der Waals surface area contributed by atoms with Crippen LogP contribution in [0.2, 0.25) is 0 Å². The van der Waals surface area contributed by atoms with Crippen LogP contribution in [0.4, 0.5) is 11.4 Å². The molecule has 1 unspecified atom stereocenters. The van der Waals surface area contributed by atoms with Crippen LogP contribution in [0, 0.1) is 0 Å². The Morgan fingerprint density at radius 3 is 2.51 bits per heavy atom. The second-order valence-electron chi connectivity index (χ2n) is 9.92. The lowest BCUT2D eigenvalue weighted by Gasteiger charge is -2.24. The zero-order chi connectivity index (χ0) is 26.8. The molecule has 0 spiro atoms. The Labute approximate surface area is 225 Å². The summed E-state index contributed by atoms with van der Waals surface area (Å²) in [5, 5.41) is 9.13. The number of hydrogen-bond acceptors (Lipinski definition) is 6. The smallest absolute Gasteiger partial charge is 0.256 e. The fourth-order valence-electron chi connectivity index (χ4n) is 5.24. The standard InChI is InChI=1S/C29H29N7O3/c37-27(23-5-2-14-31-23)33-21-11-12-22-24(16-21)35-26(34-22)18-7-9-20(10-8-18)32-28(38)25-6-3-15-36(25)29(39)19-4-1-13-30-17-19/h1,4,7-13,16-17,23,25,31H,2-3,5-6,14-15H2,(H,32,38)(H,33,37)(H,34,35)/t23?,25-/m0/s1. The van der Waals surface area contributed by atoms with Crippen molar-refractivity contribution < 1.29 is 14.4 Å². The maximum absolute atomic E-state index is 13.1. The summed E-state index contributed by atoms with van der Waals surface area (Å²) in [4.78, 5) is 52.0. The molecule has 3 amide bonds. The van der Waals surface area contributed by atoms with Crippen molar-refractivity contribution in [3.63, 3.8) is 0 Å². The number of nitrogens with zero attached hydrogens (tertiary/aromatic N) is 3. The molecule has 4 heterocycles. The van der Waals surface area contributed by atoms with Gasteiger partial charge in [0.1, 0.15) is 11.9 Å². The van der Waals surface area contributed by atoms with Crippen LogP contribution in [0.5, 0.6) is 0 Å². The molecule has 10 heteroatoms. The number of likely N-dealkylation sites (tertiary alicyclic amines) is 1. The zero-order valence-electron chi connectivity index (χ0n) is 21.3. The molecule has 10 nitrogen and oxygen atoms in total. The van der Waals surface area contributed by atoms with Gasteiger partial charge in [0.15, 0.2) is 0 Å². The van der Waals surface area contributed by atoms with Crippen molar-refractivity contribution in [3.05, 3.63) is 72.6 Å². The predicted molar refractivity (Wildman–Crippen MR) is 148 cm³/mol. The average Bonchev–Trinajstić information content (AvgIpc) is 3.74. The topological polar surface area (TPSA) is 132 Å². The van der Waals surface area contributed by atoms with Gasteiger partial charge in [-0.3, -0.25) is 19.4 Å². The number of anilines is 2. The Balaban J connectivity index is 1.11. The first-order valence-corrected chi connectivity index (χ1v) is 13.2. The molecule has 198 valence electrons. The first-order chi connectivity index (χ1) is 19.0. The van der Waals surface area contributed by atoms with Crippen molar-refractivity contribution in [2.75, 3.05) is 23.7 Å². The van der Waals surface area contributed by atoms with Crippen LogP contribution in [0.15, 0.2) is 67.0 Å². The summed E-state index contributed by atoms with van der Waals surface area (Å²) in [7, 11) is 0. The van der Waals surface area contributed by atoms with Gasteiger partial charge in [0.05, 0.1) is 22.6 Å². The lowest BCUT2D eigenvalue weighted by atomic mass is 10.1. The predicted octanol–water partition coefficient (Wildman–Crippen LogP) is 3.56. The molecule has 2 aliphatic heterocycles. The minimum atomic E-state index is -0.521. The summed E-state index contributed by atoms with van der Waals surface area (Å²) in [6.07, 6.45) is 6.39. The molecule has 2 aromatic carbocycles. The number of fused-ring (bicyclic) bond motifs is 1. The van der Waals surface area contributed by atoms with Crippen LogP contribution in [0.25, 0.3) is 22.4 Å².